The summed E-state index contributed by atoms with van der Waals surface area (Å²) in [7, 11) is -3.39. The Hall–Kier alpha value is -1.82. The normalized spacial score (nSPS) is 11.4. The Morgan fingerprint density at radius 2 is 1.94 bits per heavy atom. The van der Waals surface area contributed by atoms with Crippen molar-refractivity contribution >= 4 is 15.8 Å². The highest BCUT2D eigenvalue weighted by atomic mass is 32.2. The van der Waals surface area contributed by atoms with E-state index in [-0.39, 0.29) is 5.75 Å². The number of benzene rings is 1. The molecule has 0 aliphatic rings. The van der Waals surface area contributed by atoms with Crippen LogP contribution in [0.4, 0.5) is 5.82 Å². The van der Waals surface area contributed by atoms with Gasteiger partial charge in [0.1, 0.15) is 5.82 Å². The van der Waals surface area contributed by atoms with Crippen molar-refractivity contribution in [1.29, 1.82) is 0 Å². The molecule has 2 aromatic rings. The van der Waals surface area contributed by atoms with Gasteiger partial charge in [0.15, 0.2) is 0 Å². The first-order valence-corrected chi connectivity index (χ1v) is 6.76. The van der Waals surface area contributed by atoms with E-state index in [1.165, 1.54) is 6.20 Å². The van der Waals surface area contributed by atoms with E-state index in [4.69, 9.17) is 0 Å². The maximum Gasteiger partial charge on any atom is 0.238 e. The van der Waals surface area contributed by atoms with Crippen LogP contribution in [0.3, 0.4) is 0 Å². The van der Waals surface area contributed by atoms with E-state index in [2.05, 4.69) is 14.9 Å². The van der Waals surface area contributed by atoms with Crippen molar-refractivity contribution in [3.63, 3.8) is 0 Å². The zero-order chi connectivity index (χ0) is 12.3. The van der Waals surface area contributed by atoms with Crippen LogP contribution in [-0.4, -0.2) is 18.6 Å². The lowest BCUT2D eigenvalue weighted by molar-refractivity contribution is 0.600. The lowest BCUT2D eigenvalue weighted by Crippen LogP contribution is -2.15. The predicted octanol–water partition coefficient (Wildman–Crippen LogP) is 1.66. The minimum absolute atomic E-state index is 0.0493. The van der Waals surface area contributed by atoms with E-state index in [0.29, 0.717) is 5.82 Å². The molecule has 90 valence electrons. The number of anilines is 1. The predicted molar refractivity (Wildman–Crippen MR) is 66.0 cm³/mol. The van der Waals surface area contributed by atoms with Gasteiger partial charge in [0.05, 0.1) is 11.9 Å². The maximum absolute atomic E-state index is 11.8. The van der Waals surface area contributed by atoms with E-state index in [0.717, 1.165) is 11.1 Å². The van der Waals surface area contributed by atoms with Gasteiger partial charge < -0.3 is 0 Å². The fraction of sp³-hybridized carbons (Fsp3) is 0.182. The topological polar surface area (TPSA) is 74.8 Å². The summed E-state index contributed by atoms with van der Waals surface area (Å²) in [5.74, 6) is 0.323. The molecule has 0 spiro atoms. The van der Waals surface area contributed by atoms with Crippen LogP contribution in [0.5, 0.6) is 0 Å². The Morgan fingerprint density at radius 1 is 1.24 bits per heavy atom. The van der Waals surface area contributed by atoms with E-state index in [1.807, 2.05) is 31.2 Å². The molecule has 0 radical (unpaired) electrons. The van der Waals surface area contributed by atoms with Gasteiger partial charge in [0.25, 0.3) is 0 Å². The highest BCUT2D eigenvalue weighted by Crippen LogP contribution is 2.10. The number of hydrogen-bond acceptors (Lipinski definition) is 3. The molecule has 0 aliphatic carbocycles. The van der Waals surface area contributed by atoms with Crippen LogP contribution in [0.2, 0.25) is 0 Å². The molecule has 0 saturated heterocycles. The van der Waals surface area contributed by atoms with E-state index < -0.39 is 10.0 Å². The molecule has 0 fully saturated rings. The minimum Gasteiger partial charge on any atom is -0.267 e. The molecule has 0 unspecified atom stereocenters. The molecule has 6 heteroatoms. The lowest BCUT2D eigenvalue weighted by Gasteiger charge is -2.06. The summed E-state index contributed by atoms with van der Waals surface area (Å²) in [6.07, 6.45) is 1.49. The third-order valence-electron chi connectivity index (χ3n) is 2.24. The maximum atomic E-state index is 11.8. The van der Waals surface area contributed by atoms with Crippen LogP contribution >= 0.6 is 0 Å². The summed E-state index contributed by atoms with van der Waals surface area (Å²) < 4.78 is 26.0. The number of aromatic nitrogens is 2. The molecule has 2 rings (SSSR count). The second-order valence-electron chi connectivity index (χ2n) is 3.82. The average molecular weight is 251 g/mol. The molecule has 5 nitrogen and oxygen atoms in total. The third-order valence-corrected chi connectivity index (χ3v) is 3.49. The highest BCUT2D eigenvalue weighted by Gasteiger charge is 2.11. The molecule has 0 saturated carbocycles. The van der Waals surface area contributed by atoms with Gasteiger partial charge in [0.2, 0.25) is 10.0 Å². The van der Waals surface area contributed by atoms with E-state index >= 15 is 0 Å². The number of nitrogens with zero attached hydrogens (tertiary/aromatic N) is 1. The summed E-state index contributed by atoms with van der Waals surface area (Å²) in [6.45, 7) is 1.96. The molecule has 0 bridgehead atoms. The molecule has 0 aliphatic heterocycles. The zero-order valence-corrected chi connectivity index (χ0v) is 10.2. The molecule has 0 atom stereocenters. The summed E-state index contributed by atoms with van der Waals surface area (Å²) in [5, 5.41) is 6.22. The van der Waals surface area contributed by atoms with Crippen molar-refractivity contribution in [3.05, 3.63) is 47.7 Å². The highest BCUT2D eigenvalue weighted by molar-refractivity contribution is 7.91. The largest absolute Gasteiger partial charge is 0.267 e. The lowest BCUT2D eigenvalue weighted by atomic mass is 10.2. The van der Waals surface area contributed by atoms with Crippen molar-refractivity contribution in [2.75, 3.05) is 4.72 Å². The van der Waals surface area contributed by atoms with Crippen molar-refractivity contribution in [1.82, 2.24) is 10.2 Å². The van der Waals surface area contributed by atoms with Crippen molar-refractivity contribution in [2.45, 2.75) is 12.7 Å². The van der Waals surface area contributed by atoms with Crippen LogP contribution in [0.15, 0.2) is 36.5 Å². The van der Waals surface area contributed by atoms with Gasteiger partial charge in [-0.2, -0.15) is 5.10 Å². The van der Waals surface area contributed by atoms with E-state index in [9.17, 15) is 8.42 Å². The molecular weight excluding hydrogens is 238 g/mol. The van der Waals surface area contributed by atoms with Crippen LogP contribution in [0.1, 0.15) is 11.1 Å². The molecule has 1 aromatic carbocycles. The number of hydrogen-bond donors (Lipinski definition) is 2. The SMILES string of the molecule is Cc1ccc(CS(=O)(=O)Nc2ccn[nH]2)cc1. The van der Waals surface area contributed by atoms with Crippen molar-refractivity contribution in [3.8, 4) is 0 Å². The van der Waals surface area contributed by atoms with Crippen LogP contribution in [-0.2, 0) is 15.8 Å². The number of rotatable bonds is 4. The number of sulfonamides is 1. The minimum atomic E-state index is -3.39. The third kappa shape index (κ3) is 3.32. The van der Waals surface area contributed by atoms with Gasteiger partial charge in [0, 0.05) is 6.07 Å². The molecular formula is C11H13N3O2S. The quantitative estimate of drug-likeness (QED) is 0.867. The van der Waals surface area contributed by atoms with Crippen LogP contribution in [0, 0.1) is 6.92 Å². The summed E-state index contributed by atoms with van der Waals surface area (Å²) >= 11 is 0. The first-order chi connectivity index (χ1) is 8.05. The molecule has 2 N–H and O–H groups in total. The number of nitrogens with one attached hydrogen (secondary N) is 2. The van der Waals surface area contributed by atoms with Crippen LogP contribution in [0.25, 0.3) is 0 Å². The molecule has 1 aromatic heterocycles. The summed E-state index contributed by atoms with van der Waals surface area (Å²) in [5.41, 5.74) is 1.86. The first-order valence-electron chi connectivity index (χ1n) is 5.10. The molecule has 0 amide bonds. The van der Waals surface area contributed by atoms with Gasteiger partial charge in [-0.15, -0.1) is 0 Å². The Balaban J connectivity index is 2.09. The van der Waals surface area contributed by atoms with Gasteiger partial charge in [-0.1, -0.05) is 29.8 Å². The fourth-order valence-corrected chi connectivity index (χ4v) is 2.57. The smallest absolute Gasteiger partial charge is 0.238 e. The fourth-order valence-electron chi connectivity index (χ4n) is 1.42. The number of aryl methyl sites for hydroxylation is 1. The van der Waals surface area contributed by atoms with Gasteiger partial charge in [-0.3, -0.25) is 9.82 Å². The monoisotopic (exact) mass is 251 g/mol. The van der Waals surface area contributed by atoms with Crippen LogP contribution < -0.4 is 4.72 Å². The molecule has 1 heterocycles. The zero-order valence-electron chi connectivity index (χ0n) is 9.34. The average Bonchev–Trinajstić information content (AvgIpc) is 2.73. The Kier molecular flexibility index (Phi) is 3.14. The van der Waals surface area contributed by atoms with Gasteiger partial charge in [-0.05, 0) is 12.5 Å². The van der Waals surface area contributed by atoms with E-state index in [1.54, 1.807) is 6.07 Å². The number of H-pyrrole nitrogens is 1. The molecule has 17 heavy (non-hydrogen) atoms. The van der Waals surface area contributed by atoms with Crippen molar-refractivity contribution < 1.29 is 8.42 Å². The Bertz CT molecular complexity index is 574. The van der Waals surface area contributed by atoms with Gasteiger partial charge >= 0.3 is 0 Å². The summed E-state index contributed by atoms with van der Waals surface area (Å²) in [4.78, 5) is 0. The van der Waals surface area contributed by atoms with Crippen molar-refractivity contribution in [2.24, 2.45) is 0 Å². The summed E-state index contributed by atoms with van der Waals surface area (Å²) in [6, 6.07) is 8.96. The Labute approximate surface area is 99.9 Å². The number of aromatic amines is 1. The Morgan fingerprint density at radius 3 is 2.53 bits per heavy atom. The second-order valence-corrected chi connectivity index (χ2v) is 5.54. The second kappa shape index (κ2) is 4.58. The standard InChI is InChI=1S/C11H13N3O2S/c1-9-2-4-10(5-3-9)8-17(15,16)14-11-6-7-12-13-11/h2-7H,8H2,1H3,(H2,12,13,14). The first kappa shape index (κ1) is 11.7. The van der Waals surface area contributed by atoms with Gasteiger partial charge in [-0.25, -0.2) is 8.42 Å².